The predicted molar refractivity (Wildman–Crippen MR) is 136 cm³/mol. The SMILES string of the molecule is CC1C([Si](C)(C)Nc2ccccc2)c2ccccc2C1[Si](C)(C)Nc1ccccc1. The van der Waals surface area contributed by atoms with E-state index in [9.17, 15) is 0 Å². The Bertz CT molecular complexity index is 906. The van der Waals surface area contributed by atoms with Crippen LogP contribution in [0.2, 0.25) is 26.2 Å². The van der Waals surface area contributed by atoms with Crippen molar-refractivity contribution in [3.8, 4) is 0 Å². The standard InChI is InChI=1S/C26H34N2Si2/c1-20-25(29(2,3)27-21-14-8-6-9-15-21)23-18-12-13-19-24(23)26(20)30(4,5)28-22-16-10-7-11-17-22/h6-20,25-28H,1-5H3. The van der Waals surface area contributed by atoms with Crippen LogP contribution in [0, 0.1) is 5.92 Å². The third-order valence-corrected chi connectivity index (χ3v) is 13.4. The first kappa shape index (κ1) is 20.9. The summed E-state index contributed by atoms with van der Waals surface area (Å²) < 4.78 is 0. The molecule has 0 bridgehead atoms. The highest BCUT2D eigenvalue weighted by Crippen LogP contribution is 2.53. The molecule has 4 heteroatoms. The molecule has 0 fully saturated rings. The summed E-state index contributed by atoms with van der Waals surface area (Å²) in [5, 5.41) is 0. The Morgan fingerprint density at radius 3 is 1.23 bits per heavy atom. The lowest BCUT2D eigenvalue weighted by molar-refractivity contribution is 0.561. The zero-order chi connectivity index (χ0) is 21.4. The monoisotopic (exact) mass is 430 g/mol. The molecular formula is C26H34N2Si2. The summed E-state index contributed by atoms with van der Waals surface area (Å²) in [7, 11) is -3.59. The van der Waals surface area contributed by atoms with Gasteiger partial charge in [0.05, 0.1) is 0 Å². The van der Waals surface area contributed by atoms with Crippen molar-refractivity contribution >= 4 is 27.8 Å². The molecule has 3 aromatic carbocycles. The number of rotatable bonds is 6. The molecule has 1 aliphatic carbocycles. The summed E-state index contributed by atoms with van der Waals surface area (Å²) >= 11 is 0. The Kier molecular flexibility index (Phi) is 5.64. The minimum atomic E-state index is -1.79. The first-order valence-corrected chi connectivity index (χ1v) is 17.2. The van der Waals surface area contributed by atoms with Crippen LogP contribution in [0.3, 0.4) is 0 Å². The van der Waals surface area contributed by atoms with Crippen LogP contribution in [0.5, 0.6) is 0 Å². The van der Waals surface area contributed by atoms with Gasteiger partial charge in [-0.25, -0.2) is 0 Å². The third-order valence-electron chi connectivity index (χ3n) is 6.75. The van der Waals surface area contributed by atoms with Crippen molar-refractivity contribution in [3.05, 3.63) is 96.1 Å². The highest BCUT2D eigenvalue weighted by molar-refractivity contribution is 6.84. The Hall–Kier alpha value is -2.31. The minimum Gasteiger partial charge on any atom is -0.410 e. The predicted octanol–water partition coefficient (Wildman–Crippen LogP) is 7.22. The minimum absolute atomic E-state index is 0.586. The maximum atomic E-state index is 3.99. The topological polar surface area (TPSA) is 24.1 Å². The van der Waals surface area contributed by atoms with Gasteiger partial charge in [-0.1, -0.05) is 93.8 Å². The fourth-order valence-corrected chi connectivity index (χ4v) is 13.3. The van der Waals surface area contributed by atoms with Gasteiger partial charge in [0.15, 0.2) is 16.5 Å². The molecule has 0 aromatic heterocycles. The van der Waals surface area contributed by atoms with Crippen molar-refractivity contribution in [3.63, 3.8) is 0 Å². The third kappa shape index (κ3) is 3.99. The maximum Gasteiger partial charge on any atom is 0.155 e. The number of fused-ring (bicyclic) bond motifs is 1. The van der Waals surface area contributed by atoms with E-state index in [1.54, 1.807) is 11.1 Å². The van der Waals surface area contributed by atoms with Gasteiger partial charge in [0, 0.05) is 22.5 Å². The lowest BCUT2D eigenvalue weighted by atomic mass is 10.1. The fraction of sp³-hybridized carbons (Fsp3) is 0.308. The number of hydrogen-bond donors (Lipinski definition) is 2. The quantitative estimate of drug-likeness (QED) is 0.403. The van der Waals surface area contributed by atoms with Gasteiger partial charge in [-0.15, -0.1) is 0 Å². The first-order chi connectivity index (χ1) is 14.3. The molecule has 0 radical (unpaired) electrons. The Balaban J connectivity index is 1.69. The molecule has 0 amide bonds. The zero-order valence-corrected chi connectivity index (χ0v) is 20.8. The maximum absolute atomic E-state index is 3.99. The lowest BCUT2D eigenvalue weighted by Gasteiger charge is -2.39. The molecule has 0 spiro atoms. The van der Waals surface area contributed by atoms with Crippen LogP contribution in [0.1, 0.15) is 29.1 Å². The van der Waals surface area contributed by atoms with E-state index < -0.39 is 16.5 Å². The van der Waals surface area contributed by atoms with Crippen LogP contribution in [0.25, 0.3) is 0 Å². The Morgan fingerprint density at radius 1 is 0.533 bits per heavy atom. The smallest absolute Gasteiger partial charge is 0.155 e. The summed E-state index contributed by atoms with van der Waals surface area (Å²) in [6.45, 7) is 12.5. The number of anilines is 2. The van der Waals surface area contributed by atoms with E-state index in [-0.39, 0.29) is 0 Å². The molecule has 2 atom stereocenters. The van der Waals surface area contributed by atoms with E-state index >= 15 is 0 Å². The largest absolute Gasteiger partial charge is 0.410 e. The number of hydrogen-bond acceptors (Lipinski definition) is 2. The Labute approximate surface area is 183 Å². The molecule has 2 unspecified atom stereocenters. The Morgan fingerprint density at radius 2 is 0.867 bits per heavy atom. The molecule has 2 nitrogen and oxygen atoms in total. The van der Waals surface area contributed by atoms with Gasteiger partial charge in [-0.3, -0.25) is 0 Å². The van der Waals surface area contributed by atoms with Gasteiger partial charge in [0.1, 0.15) is 0 Å². The molecule has 4 rings (SSSR count). The van der Waals surface area contributed by atoms with Crippen LogP contribution in [0.15, 0.2) is 84.9 Å². The van der Waals surface area contributed by atoms with Gasteiger partial charge in [-0.05, 0) is 41.3 Å². The van der Waals surface area contributed by atoms with Crippen LogP contribution in [-0.2, 0) is 0 Å². The summed E-state index contributed by atoms with van der Waals surface area (Å²) in [6, 6.07) is 30.7. The molecule has 30 heavy (non-hydrogen) atoms. The normalized spacial score (nSPS) is 21.2. The van der Waals surface area contributed by atoms with E-state index in [1.807, 2.05) is 0 Å². The van der Waals surface area contributed by atoms with Crippen molar-refractivity contribution in [2.45, 2.75) is 44.2 Å². The molecule has 2 N–H and O–H groups in total. The molecule has 0 aliphatic heterocycles. The zero-order valence-electron chi connectivity index (χ0n) is 18.8. The van der Waals surface area contributed by atoms with Gasteiger partial charge in [-0.2, -0.15) is 0 Å². The van der Waals surface area contributed by atoms with Gasteiger partial charge < -0.3 is 9.96 Å². The number of benzene rings is 3. The van der Waals surface area contributed by atoms with Crippen LogP contribution in [-0.4, -0.2) is 16.5 Å². The highest BCUT2D eigenvalue weighted by Gasteiger charge is 2.52. The van der Waals surface area contributed by atoms with E-state index in [2.05, 4.69) is 128 Å². The second-order valence-electron chi connectivity index (χ2n) is 9.87. The molecule has 3 aromatic rings. The van der Waals surface area contributed by atoms with E-state index in [0.29, 0.717) is 17.0 Å². The van der Waals surface area contributed by atoms with Crippen molar-refractivity contribution in [1.29, 1.82) is 0 Å². The molecule has 1 aliphatic rings. The summed E-state index contributed by atoms with van der Waals surface area (Å²) in [6.07, 6.45) is 0. The second-order valence-corrected chi connectivity index (χ2v) is 18.5. The summed E-state index contributed by atoms with van der Waals surface area (Å²) in [5.41, 5.74) is 6.82. The van der Waals surface area contributed by atoms with Gasteiger partial charge in [0.25, 0.3) is 0 Å². The highest BCUT2D eigenvalue weighted by atomic mass is 28.3. The van der Waals surface area contributed by atoms with Crippen molar-refractivity contribution in [1.82, 2.24) is 0 Å². The summed E-state index contributed by atoms with van der Waals surface area (Å²) in [4.78, 5) is 7.97. The van der Waals surface area contributed by atoms with E-state index in [4.69, 9.17) is 0 Å². The fourth-order valence-electron chi connectivity index (χ4n) is 5.87. The average Bonchev–Trinajstić information content (AvgIpc) is 3.02. The number of para-hydroxylation sites is 2. The summed E-state index contributed by atoms with van der Waals surface area (Å²) in [5.74, 6) is 0.609. The van der Waals surface area contributed by atoms with E-state index in [0.717, 1.165) is 0 Å². The molecule has 0 heterocycles. The number of nitrogens with one attached hydrogen (secondary N) is 2. The molecule has 0 saturated heterocycles. The van der Waals surface area contributed by atoms with E-state index in [1.165, 1.54) is 11.4 Å². The van der Waals surface area contributed by atoms with Gasteiger partial charge in [0.2, 0.25) is 0 Å². The van der Waals surface area contributed by atoms with Crippen molar-refractivity contribution in [2.24, 2.45) is 5.92 Å². The molecular weight excluding hydrogens is 396 g/mol. The van der Waals surface area contributed by atoms with Crippen molar-refractivity contribution < 1.29 is 0 Å². The van der Waals surface area contributed by atoms with Gasteiger partial charge >= 0.3 is 0 Å². The van der Waals surface area contributed by atoms with Crippen molar-refractivity contribution in [2.75, 3.05) is 9.96 Å². The lowest BCUT2D eigenvalue weighted by Crippen LogP contribution is -2.50. The van der Waals surface area contributed by atoms with Crippen LogP contribution in [0.4, 0.5) is 11.4 Å². The molecule has 0 saturated carbocycles. The first-order valence-electron chi connectivity index (χ1n) is 11.0. The van der Waals surface area contributed by atoms with Crippen LogP contribution >= 0.6 is 0 Å². The second kappa shape index (κ2) is 8.08. The molecule has 156 valence electrons. The average molecular weight is 431 g/mol. The van der Waals surface area contributed by atoms with Crippen LogP contribution < -0.4 is 9.96 Å².